The molecular formula is C11H12N6S. The Kier molecular flexibility index (Phi) is 3.92. The van der Waals surface area contributed by atoms with Crippen LogP contribution in [0.1, 0.15) is 17.1 Å². The van der Waals surface area contributed by atoms with Crippen LogP contribution in [-0.4, -0.2) is 19.7 Å². The highest BCUT2D eigenvalue weighted by Crippen LogP contribution is 2.21. The van der Waals surface area contributed by atoms with Gasteiger partial charge in [-0.3, -0.25) is 0 Å². The molecule has 0 radical (unpaired) electrons. The van der Waals surface area contributed by atoms with E-state index in [-0.39, 0.29) is 0 Å². The predicted molar refractivity (Wildman–Crippen MR) is 67.4 cm³/mol. The largest absolute Gasteiger partial charge is 0.324 e. The minimum absolute atomic E-state index is 0.362. The standard InChI is InChI=1S/C11H12N6S/c1-17-10(6-13)15-16-11(17)18-7-8-3-2-4-14-9(8)5-12/h2-4H,6-7,13H2,1H3. The van der Waals surface area contributed by atoms with E-state index in [0.29, 0.717) is 18.0 Å². The highest BCUT2D eigenvalue weighted by molar-refractivity contribution is 7.98. The molecule has 0 aliphatic carbocycles. The summed E-state index contributed by atoms with van der Waals surface area (Å²) < 4.78 is 1.85. The summed E-state index contributed by atoms with van der Waals surface area (Å²) >= 11 is 1.51. The number of pyridine rings is 1. The molecule has 2 N–H and O–H groups in total. The molecule has 2 aromatic heterocycles. The number of nitrogens with two attached hydrogens (primary N) is 1. The van der Waals surface area contributed by atoms with Crippen molar-refractivity contribution < 1.29 is 0 Å². The first-order valence-electron chi connectivity index (χ1n) is 5.31. The number of rotatable bonds is 4. The van der Waals surface area contributed by atoms with Gasteiger partial charge in [0.2, 0.25) is 0 Å². The first-order chi connectivity index (χ1) is 8.76. The Labute approximate surface area is 109 Å². The molecule has 6 nitrogen and oxygen atoms in total. The van der Waals surface area contributed by atoms with Gasteiger partial charge in [-0.1, -0.05) is 17.8 Å². The first kappa shape index (κ1) is 12.5. The fraction of sp³-hybridized carbons (Fsp3) is 0.273. The zero-order chi connectivity index (χ0) is 13.0. The van der Waals surface area contributed by atoms with Gasteiger partial charge in [-0.25, -0.2) is 4.98 Å². The van der Waals surface area contributed by atoms with Gasteiger partial charge in [0.15, 0.2) is 5.16 Å². The molecule has 0 saturated heterocycles. The Morgan fingerprint density at radius 2 is 2.33 bits per heavy atom. The number of aromatic nitrogens is 4. The van der Waals surface area contributed by atoms with Crippen molar-refractivity contribution in [1.82, 2.24) is 19.7 Å². The molecule has 2 rings (SSSR count). The quantitative estimate of drug-likeness (QED) is 0.818. The summed E-state index contributed by atoms with van der Waals surface area (Å²) in [6, 6.07) is 5.78. The fourth-order valence-corrected chi connectivity index (χ4v) is 2.36. The molecule has 0 fully saturated rings. The normalized spacial score (nSPS) is 10.3. The molecule has 18 heavy (non-hydrogen) atoms. The summed E-state index contributed by atoms with van der Waals surface area (Å²) in [7, 11) is 1.87. The lowest BCUT2D eigenvalue weighted by Gasteiger charge is -2.03. The summed E-state index contributed by atoms with van der Waals surface area (Å²) in [6.45, 7) is 0.362. The number of nitrogens with zero attached hydrogens (tertiary/aromatic N) is 5. The van der Waals surface area contributed by atoms with Gasteiger partial charge < -0.3 is 10.3 Å². The lowest BCUT2D eigenvalue weighted by atomic mass is 10.2. The maximum Gasteiger partial charge on any atom is 0.191 e. The Hall–Kier alpha value is -1.91. The Balaban J connectivity index is 2.12. The van der Waals surface area contributed by atoms with E-state index in [1.165, 1.54) is 11.8 Å². The highest BCUT2D eigenvalue weighted by atomic mass is 32.2. The molecule has 0 amide bonds. The third kappa shape index (κ3) is 2.50. The van der Waals surface area contributed by atoms with Crippen LogP contribution in [0.25, 0.3) is 0 Å². The van der Waals surface area contributed by atoms with Crippen molar-refractivity contribution >= 4 is 11.8 Å². The lowest BCUT2D eigenvalue weighted by molar-refractivity contribution is 0.734. The van der Waals surface area contributed by atoms with Crippen LogP contribution >= 0.6 is 11.8 Å². The second kappa shape index (κ2) is 5.62. The average molecular weight is 260 g/mol. The summed E-state index contributed by atoms with van der Waals surface area (Å²) in [6.07, 6.45) is 1.61. The van der Waals surface area contributed by atoms with Crippen LogP contribution in [0.3, 0.4) is 0 Å². The van der Waals surface area contributed by atoms with Crippen LogP contribution < -0.4 is 5.73 Å². The maximum atomic E-state index is 8.94. The molecule has 0 aliphatic rings. The Bertz CT molecular complexity index is 585. The minimum atomic E-state index is 0.362. The second-order valence-electron chi connectivity index (χ2n) is 3.57. The Morgan fingerprint density at radius 1 is 1.50 bits per heavy atom. The van der Waals surface area contributed by atoms with Crippen LogP contribution in [0.2, 0.25) is 0 Å². The van der Waals surface area contributed by atoms with E-state index in [1.54, 1.807) is 6.20 Å². The van der Waals surface area contributed by atoms with Gasteiger partial charge >= 0.3 is 0 Å². The summed E-state index contributed by atoms with van der Waals surface area (Å²) in [5, 5.41) is 17.7. The van der Waals surface area contributed by atoms with Gasteiger partial charge in [0.1, 0.15) is 17.6 Å². The van der Waals surface area contributed by atoms with E-state index in [0.717, 1.165) is 16.5 Å². The van der Waals surface area contributed by atoms with E-state index >= 15 is 0 Å². The summed E-state index contributed by atoms with van der Waals surface area (Å²) in [5.74, 6) is 1.37. The first-order valence-corrected chi connectivity index (χ1v) is 6.30. The molecule has 0 aromatic carbocycles. The van der Waals surface area contributed by atoms with E-state index in [1.807, 2.05) is 23.7 Å². The second-order valence-corrected chi connectivity index (χ2v) is 4.52. The lowest BCUT2D eigenvalue weighted by Crippen LogP contribution is -2.05. The smallest absolute Gasteiger partial charge is 0.191 e. The minimum Gasteiger partial charge on any atom is -0.324 e. The van der Waals surface area contributed by atoms with E-state index in [4.69, 9.17) is 11.0 Å². The number of hydrogen-bond donors (Lipinski definition) is 1. The molecule has 0 saturated carbocycles. The van der Waals surface area contributed by atoms with Crippen LogP contribution in [0, 0.1) is 11.3 Å². The Morgan fingerprint density at radius 3 is 3.00 bits per heavy atom. The molecule has 0 spiro atoms. The van der Waals surface area contributed by atoms with Crippen molar-refractivity contribution in [1.29, 1.82) is 5.26 Å². The van der Waals surface area contributed by atoms with Crippen LogP contribution in [0.4, 0.5) is 0 Å². The molecule has 2 aromatic rings. The van der Waals surface area contributed by atoms with E-state index in [2.05, 4.69) is 21.3 Å². The monoisotopic (exact) mass is 260 g/mol. The third-order valence-corrected chi connectivity index (χ3v) is 3.53. The summed E-state index contributed by atoms with van der Waals surface area (Å²) in [5.41, 5.74) is 6.87. The zero-order valence-corrected chi connectivity index (χ0v) is 10.7. The van der Waals surface area contributed by atoms with Gasteiger partial charge in [0, 0.05) is 19.0 Å². The van der Waals surface area contributed by atoms with Crippen molar-refractivity contribution in [2.75, 3.05) is 0 Å². The van der Waals surface area contributed by atoms with Gasteiger partial charge in [-0.15, -0.1) is 10.2 Å². The molecular weight excluding hydrogens is 248 g/mol. The summed E-state index contributed by atoms with van der Waals surface area (Å²) in [4.78, 5) is 4.02. The molecule has 92 valence electrons. The van der Waals surface area contributed by atoms with Crippen molar-refractivity contribution in [3.05, 3.63) is 35.4 Å². The van der Waals surface area contributed by atoms with Gasteiger partial charge in [-0.2, -0.15) is 5.26 Å². The van der Waals surface area contributed by atoms with E-state index in [9.17, 15) is 0 Å². The van der Waals surface area contributed by atoms with Crippen molar-refractivity contribution in [3.63, 3.8) is 0 Å². The van der Waals surface area contributed by atoms with Crippen LogP contribution in [0.5, 0.6) is 0 Å². The maximum absolute atomic E-state index is 8.94. The molecule has 0 atom stereocenters. The zero-order valence-electron chi connectivity index (χ0n) is 9.87. The number of hydrogen-bond acceptors (Lipinski definition) is 6. The van der Waals surface area contributed by atoms with Crippen LogP contribution in [0.15, 0.2) is 23.5 Å². The molecule has 0 unspecified atom stereocenters. The van der Waals surface area contributed by atoms with Gasteiger partial charge in [-0.05, 0) is 11.6 Å². The fourth-order valence-electron chi connectivity index (χ4n) is 1.45. The molecule has 7 heteroatoms. The third-order valence-electron chi connectivity index (χ3n) is 2.46. The molecule has 2 heterocycles. The average Bonchev–Trinajstić information content (AvgIpc) is 2.77. The van der Waals surface area contributed by atoms with E-state index < -0.39 is 0 Å². The van der Waals surface area contributed by atoms with Gasteiger partial charge in [0.25, 0.3) is 0 Å². The number of nitriles is 1. The molecule has 0 bridgehead atoms. The van der Waals surface area contributed by atoms with Gasteiger partial charge in [0.05, 0.1) is 6.54 Å². The molecule has 0 aliphatic heterocycles. The number of thioether (sulfide) groups is 1. The predicted octanol–water partition coefficient (Wildman–Crippen LogP) is 0.833. The van der Waals surface area contributed by atoms with Crippen molar-refractivity contribution in [2.45, 2.75) is 17.5 Å². The SMILES string of the molecule is Cn1c(CN)nnc1SCc1cccnc1C#N. The van der Waals surface area contributed by atoms with Crippen molar-refractivity contribution in [2.24, 2.45) is 12.8 Å². The highest BCUT2D eigenvalue weighted by Gasteiger charge is 2.09. The van der Waals surface area contributed by atoms with Crippen molar-refractivity contribution in [3.8, 4) is 6.07 Å². The van der Waals surface area contributed by atoms with Crippen LogP contribution in [-0.2, 0) is 19.3 Å². The topological polar surface area (TPSA) is 93.4 Å².